The van der Waals surface area contributed by atoms with Crippen molar-refractivity contribution in [3.05, 3.63) is 70.1 Å². The van der Waals surface area contributed by atoms with Crippen LogP contribution in [-0.2, 0) is 0 Å². The predicted molar refractivity (Wildman–Crippen MR) is 147 cm³/mol. The summed E-state index contributed by atoms with van der Waals surface area (Å²) in [4.78, 5) is 31.9. The van der Waals surface area contributed by atoms with Crippen LogP contribution in [-0.4, -0.2) is 45.7 Å². The lowest BCUT2D eigenvalue weighted by Crippen LogP contribution is -2.60. The molecule has 0 saturated carbocycles. The number of ketones is 1. The number of hydrogen-bond acceptors (Lipinski definition) is 7. The molecule has 3 aromatic rings. The maximum Gasteiger partial charge on any atom is 0.251 e. The third kappa shape index (κ3) is 5.86. The van der Waals surface area contributed by atoms with Gasteiger partial charge in [-0.3, -0.25) is 14.5 Å². The van der Waals surface area contributed by atoms with Crippen LogP contribution in [0, 0.1) is 11.6 Å². The molecule has 0 unspecified atom stereocenters. The first-order valence-electron chi connectivity index (χ1n) is 12.6. The molecule has 2 aromatic carbocycles. The second-order valence-corrected chi connectivity index (χ2v) is 11.7. The smallest absolute Gasteiger partial charge is 0.251 e. The van der Waals surface area contributed by atoms with Crippen LogP contribution in [0.5, 0.6) is 0 Å². The average Bonchev–Trinajstić information content (AvgIpc) is 3.20. The van der Waals surface area contributed by atoms with E-state index in [9.17, 15) is 18.4 Å². The first kappa shape index (κ1) is 27.7. The molecule has 38 heavy (non-hydrogen) atoms. The molecule has 1 saturated heterocycles. The van der Waals surface area contributed by atoms with Crippen LogP contribution in [0.15, 0.2) is 42.5 Å². The molecule has 1 aliphatic rings. The molecule has 1 amide bonds. The van der Waals surface area contributed by atoms with Gasteiger partial charge in [0, 0.05) is 35.4 Å². The summed E-state index contributed by atoms with van der Waals surface area (Å²) in [5.41, 5.74) is 6.50. The number of aromatic nitrogens is 1. The number of carbonyl (C=O) groups is 2. The summed E-state index contributed by atoms with van der Waals surface area (Å²) in [6, 6.07) is 10.0. The summed E-state index contributed by atoms with van der Waals surface area (Å²) >= 11 is 0.895. The summed E-state index contributed by atoms with van der Waals surface area (Å²) in [6.07, 6.45) is 3.48. The van der Waals surface area contributed by atoms with E-state index < -0.39 is 23.0 Å². The van der Waals surface area contributed by atoms with Gasteiger partial charge in [0.2, 0.25) is 5.78 Å². The van der Waals surface area contributed by atoms with Gasteiger partial charge in [-0.05, 0) is 83.4 Å². The van der Waals surface area contributed by atoms with Crippen molar-refractivity contribution in [3.8, 4) is 0 Å². The Balaban J connectivity index is 1.37. The zero-order valence-corrected chi connectivity index (χ0v) is 22.8. The van der Waals surface area contributed by atoms with Gasteiger partial charge in [0.25, 0.3) is 5.91 Å². The van der Waals surface area contributed by atoms with Crippen molar-refractivity contribution in [2.75, 3.05) is 24.1 Å². The Labute approximate surface area is 225 Å². The van der Waals surface area contributed by atoms with Crippen molar-refractivity contribution < 1.29 is 18.4 Å². The SMILES string of the molecule is CC1(C)CCCC(C)(C)N1CCNC(=O)c1ccc(Nc2nc(N)c(C(=O)c3c(F)cccc3F)s2)cc1. The molecule has 4 rings (SSSR count). The predicted octanol–water partition coefficient (Wildman–Crippen LogP) is 5.75. The third-order valence-corrected chi connectivity index (χ3v) is 8.09. The molecule has 1 fully saturated rings. The van der Waals surface area contributed by atoms with Crippen molar-refractivity contribution in [3.63, 3.8) is 0 Å². The molecule has 10 heteroatoms. The number of rotatable bonds is 8. The van der Waals surface area contributed by atoms with Crippen LogP contribution in [0.2, 0.25) is 0 Å². The Morgan fingerprint density at radius 1 is 1.03 bits per heavy atom. The lowest BCUT2D eigenvalue weighted by molar-refractivity contribution is -0.0251. The van der Waals surface area contributed by atoms with Crippen molar-refractivity contribution in [2.45, 2.75) is 58.0 Å². The van der Waals surface area contributed by atoms with E-state index >= 15 is 0 Å². The molecule has 7 nitrogen and oxygen atoms in total. The number of nitrogens with two attached hydrogens (primary N) is 1. The van der Waals surface area contributed by atoms with E-state index in [1.807, 2.05) is 0 Å². The summed E-state index contributed by atoms with van der Waals surface area (Å²) in [5.74, 6) is -3.08. The molecule has 0 bridgehead atoms. The summed E-state index contributed by atoms with van der Waals surface area (Å²) in [7, 11) is 0. The van der Waals surface area contributed by atoms with Gasteiger partial charge >= 0.3 is 0 Å². The zero-order valence-electron chi connectivity index (χ0n) is 22.0. The van der Waals surface area contributed by atoms with Gasteiger partial charge in [0.1, 0.15) is 22.3 Å². The van der Waals surface area contributed by atoms with Crippen molar-refractivity contribution in [1.29, 1.82) is 0 Å². The number of likely N-dealkylation sites (tertiary alicyclic amines) is 1. The molecule has 0 atom stereocenters. The number of nitrogens with one attached hydrogen (secondary N) is 2. The van der Waals surface area contributed by atoms with Crippen LogP contribution in [0.1, 0.15) is 72.6 Å². The normalized spacial score (nSPS) is 16.7. The zero-order chi connectivity index (χ0) is 27.7. The number of anilines is 3. The Morgan fingerprint density at radius 2 is 1.63 bits per heavy atom. The van der Waals surface area contributed by atoms with Gasteiger partial charge < -0.3 is 16.4 Å². The maximum absolute atomic E-state index is 14.0. The minimum absolute atomic E-state index is 0.0624. The summed E-state index contributed by atoms with van der Waals surface area (Å²) in [6.45, 7) is 10.4. The number of nitrogen functional groups attached to an aromatic ring is 1. The second-order valence-electron chi connectivity index (χ2n) is 10.7. The van der Waals surface area contributed by atoms with Gasteiger partial charge in [-0.1, -0.05) is 17.4 Å². The fourth-order valence-electron chi connectivity index (χ4n) is 5.24. The van der Waals surface area contributed by atoms with E-state index in [2.05, 4.69) is 48.2 Å². The fraction of sp³-hybridized carbons (Fsp3) is 0.393. The van der Waals surface area contributed by atoms with Gasteiger partial charge in [0.05, 0.1) is 5.56 Å². The summed E-state index contributed by atoms with van der Waals surface area (Å²) in [5, 5.41) is 6.32. The van der Waals surface area contributed by atoms with Crippen molar-refractivity contribution in [2.24, 2.45) is 0 Å². The largest absolute Gasteiger partial charge is 0.382 e. The Kier molecular flexibility index (Phi) is 7.85. The van der Waals surface area contributed by atoms with Crippen LogP contribution >= 0.6 is 11.3 Å². The number of benzene rings is 2. The van der Waals surface area contributed by atoms with E-state index in [1.165, 1.54) is 12.5 Å². The van der Waals surface area contributed by atoms with Crippen molar-refractivity contribution in [1.82, 2.24) is 15.2 Å². The molecule has 2 heterocycles. The molecular weight excluding hydrogens is 508 g/mol. The van der Waals surface area contributed by atoms with E-state index in [-0.39, 0.29) is 32.8 Å². The highest BCUT2D eigenvalue weighted by molar-refractivity contribution is 7.18. The van der Waals surface area contributed by atoms with Crippen molar-refractivity contribution >= 4 is 39.7 Å². The quantitative estimate of drug-likeness (QED) is 0.314. The van der Waals surface area contributed by atoms with Crippen LogP contribution in [0.3, 0.4) is 0 Å². The summed E-state index contributed by atoms with van der Waals surface area (Å²) < 4.78 is 28.1. The minimum atomic E-state index is -0.963. The number of amides is 1. The second kappa shape index (κ2) is 10.8. The molecule has 1 aromatic heterocycles. The molecule has 0 radical (unpaired) electrons. The number of piperidine rings is 1. The van der Waals surface area contributed by atoms with Gasteiger partial charge in [-0.2, -0.15) is 0 Å². The monoisotopic (exact) mass is 541 g/mol. The Hall–Kier alpha value is -3.37. The lowest BCUT2D eigenvalue weighted by Gasteiger charge is -2.53. The minimum Gasteiger partial charge on any atom is -0.382 e. The molecule has 0 spiro atoms. The Bertz CT molecular complexity index is 1300. The number of hydrogen-bond donors (Lipinski definition) is 3. The van der Waals surface area contributed by atoms with Crippen LogP contribution in [0.4, 0.5) is 25.4 Å². The average molecular weight is 542 g/mol. The van der Waals surface area contributed by atoms with E-state index in [4.69, 9.17) is 5.73 Å². The fourth-order valence-corrected chi connectivity index (χ4v) is 6.09. The lowest BCUT2D eigenvalue weighted by atomic mass is 9.80. The highest BCUT2D eigenvalue weighted by Crippen LogP contribution is 2.37. The van der Waals surface area contributed by atoms with Crippen LogP contribution < -0.4 is 16.4 Å². The Morgan fingerprint density at radius 3 is 2.24 bits per heavy atom. The highest BCUT2D eigenvalue weighted by atomic mass is 32.1. The van der Waals surface area contributed by atoms with Crippen LogP contribution in [0.25, 0.3) is 0 Å². The first-order valence-corrected chi connectivity index (χ1v) is 13.4. The van der Waals surface area contributed by atoms with E-state index in [0.29, 0.717) is 17.8 Å². The number of halogens is 2. The van der Waals surface area contributed by atoms with E-state index in [0.717, 1.165) is 42.9 Å². The third-order valence-electron chi connectivity index (χ3n) is 7.11. The van der Waals surface area contributed by atoms with Gasteiger partial charge in [-0.15, -0.1) is 0 Å². The topological polar surface area (TPSA) is 100 Å². The standard InChI is InChI=1S/C28H33F2N5O2S/c1-27(2)13-6-14-28(3,4)35(27)16-15-32-25(37)17-9-11-18(12-10-17)33-26-34-24(31)23(38-26)22(36)21-19(29)7-5-8-20(21)30/h5,7-12H,6,13-16,31H2,1-4H3,(H,32,37)(H,33,34). The molecular formula is C28H33F2N5O2S. The maximum atomic E-state index is 14.0. The number of carbonyl (C=O) groups excluding carboxylic acids is 2. The highest BCUT2D eigenvalue weighted by Gasteiger charge is 2.40. The molecule has 0 aliphatic carbocycles. The molecule has 202 valence electrons. The van der Waals surface area contributed by atoms with E-state index in [1.54, 1.807) is 24.3 Å². The molecule has 1 aliphatic heterocycles. The number of nitrogens with zero attached hydrogens (tertiary/aromatic N) is 2. The number of thiazole rings is 1. The van der Waals surface area contributed by atoms with Gasteiger partial charge in [-0.25, -0.2) is 13.8 Å². The first-order chi connectivity index (χ1) is 17.9. The molecule has 4 N–H and O–H groups in total. The van der Waals surface area contributed by atoms with Gasteiger partial charge in [0.15, 0.2) is 5.13 Å².